The van der Waals surface area contributed by atoms with E-state index in [1.54, 1.807) is 17.5 Å². The van der Waals surface area contributed by atoms with Crippen molar-refractivity contribution in [3.05, 3.63) is 33.5 Å². The maximum absolute atomic E-state index is 8.85. The third-order valence-corrected chi connectivity index (χ3v) is 3.41. The molecule has 0 aliphatic rings. The number of rotatable bonds is 4. The van der Waals surface area contributed by atoms with E-state index in [9.17, 15) is 0 Å². The zero-order chi connectivity index (χ0) is 9.80. The van der Waals surface area contributed by atoms with Gasteiger partial charge in [-0.05, 0) is 22.4 Å². The number of thiazole rings is 1. The molecule has 14 heavy (non-hydrogen) atoms. The van der Waals surface area contributed by atoms with Crippen LogP contribution in [0.1, 0.15) is 10.4 Å². The molecule has 0 unspecified atom stereocenters. The molecule has 0 bridgehead atoms. The van der Waals surface area contributed by atoms with Crippen LogP contribution >= 0.6 is 22.7 Å². The molecule has 0 aliphatic carbocycles. The fourth-order valence-corrected chi connectivity index (χ4v) is 2.37. The molecule has 74 valence electrons. The van der Waals surface area contributed by atoms with E-state index >= 15 is 0 Å². The minimum atomic E-state index is 0.0673. The number of anilines is 1. The number of thiophene rings is 1. The van der Waals surface area contributed by atoms with Crippen LogP contribution < -0.4 is 5.32 Å². The zero-order valence-corrected chi connectivity index (χ0v) is 9.07. The van der Waals surface area contributed by atoms with Crippen LogP contribution in [0.4, 0.5) is 5.13 Å². The van der Waals surface area contributed by atoms with E-state index in [1.807, 2.05) is 0 Å². The molecule has 0 saturated heterocycles. The van der Waals surface area contributed by atoms with Crippen molar-refractivity contribution in [1.82, 2.24) is 4.98 Å². The number of nitrogens with zero attached hydrogens (tertiary/aromatic N) is 1. The summed E-state index contributed by atoms with van der Waals surface area (Å²) in [6, 6.07) is 2.08. The molecule has 2 heterocycles. The second-order valence-electron chi connectivity index (χ2n) is 2.77. The van der Waals surface area contributed by atoms with Gasteiger partial charge >= 0.3 is 0 Å². The van der Waals surface area contributed by atoms with Gasteiger partial charge in [-0.15, -0.1) is 0 Å². The fraction of sp³-hybridized carbons (Fsp3) is 0.222. The topological polar surface area (TPSA) is 45.2 Å². The summed E-state index contributed by atoms with van der Waals surface area (Å²) in [4.78, 5) is 5.02. The summed E-state index contributed by atoms with van der Waals surface area (Å²) >= 11 is 3.17. The highest BCUT2D eigenvalue weighted by molar-refractivity contribution is 7.15. The van der Waals surface area contributed by atoms with Crippen LogP contribution in [0, 0.1) is 0 Å². The van der Waals surface area contributed by atoms with E-state index in [1.165, 1.54) is 16.9 Å². The summed E-state index contributed by atoms with van der Waals surface area (Å²) in [5.41, 5.74) is 1.26. The molecule has 0 aliphatic heterocycles. The Morgan fingerprint density at radius 1 is 1.50 bits per heavy atom. The Kier molecular flexibility index (Phi) is 3.13. The van der Waals surface area contributed by atoms with E-state index in [0.717, 1.165) is 16.6 Å². The molecule has 3 nitrogen and oxygen atoms in total. The van der Waals surface area contributed by atoms with Crippen molar-refractivity contribution in [3.8, 4) is 0 Å². The molecule has 2 rings (SSSR count). The van der Waals surface area contributed by atoms with Crippen LogP contribution in [0.2, 0.25) is 0 Å². The Bertz CT molecular complexity index is 383. The summed E-state index contributed by atoms with van der Waals surface area (Å²) in [5.74, 6) is 0. The highest BCUT2D eigenvalue weighted by Gasteiger charge is 2.00. The van der Waals surface area contributed by atoms with Gasteiger partial charge in [-0.25, -0.2) is 4.98 Å². The van der Waals surface area contributed by atoms with Gasteiger partial charge in [0.15, 0.2) is 5.13 Å². The number of aliphatic hydroxyl groups excluding tert-OH is 1. The van der Waals surface area contributed by atoms with Crippen LogP contribution in [0.15, 0.2) is 23.0 Å². The zero-order valence-electron chi connectivity index (χ0n) is 7.43. The van der Waals surface area contributed by atoms with E-state index in [0.29, 0.717) is 0 Å². The third-order valence-electron chi connectivity index (χ3n) is 1.73. The second-order valence-corrected chi connectivity index (χ2v) is 4.67. The number of aromatic nitrogens is 1. The van der Waals surface area contributed by atoms with E-state index in [4.69, 9.17) is 5.11 Å². The first-order chi connectivity index (χ1) is 6.88. The molecule has 0 amide bonds. The van der Waals surface area contributed by atoms with Crippen molar-refractivity contribution in [3.63, 3.8) is 0 Å². The monoisotopic (exact) mass is 226 g/mol. The van der Waals surface area contributed by atoms with Crippen LogP contribution in [0.25, 0.3) is 0 Å². The van der Waals surface area contributed by atoms with Crippen molar-refractivity contribution >= 4 is 27.8 Å². The largest absolute Gasteiger partial charge is 0.391 e. The minimum Gasteiger partial charge on any atom is -0.391 e. The molecule has 0 radical (unpaired) electrons. The van der Waals surface area contributed by atoms with Crippen LogP contribution in [-0.2, 0) is 13.2 Å². The number of hydrogen-bond acceptors (Lipinski definition) is 5. The molecule has 2 aromatic rings. The van der Waals surface area contributed by atoms with Gasteiger partial charge in [-0.2, -0.15) is 11.3 Å². The molecule has 0 fully saturated rings. The normalized spacial score (nSPS) is 10.4. The summed E-state index contributed by atoms with van der Waals surface area (Å²) in [6.45, 7) is 0.861. The lowest BCUT2D eigenvalue weighted by Crippen LogP contribution is -1.96. The third kappa shape index (κ3) is 2.31. The van der Waals surface area contributed by atoms with E-state index in [-0.39, 0.29) is 6.61 Å². The predicted molar refractivity (Wildman–Crippen MR) is 59.7 cm³/mol. The van der Waals surface area contributed by atoms with Crippen molar-refractivity contribution < 1.29 is 5.11 Å². The van der Waals surface area contributed by atoms with Gasteiger partial charge in [0.2, 0.25) is 0 Å². The van der Waals surface area contributed by atoms with Crippen molar-refractivity contribution in [1.29, 1.82) is 0 Å². The maximum atomic E-state index is 8.85. The van der Waals surface area contributed by atoms with Gasteiger partial charge in [-0.3, -0.25) is 0 Å². The predicted octanol–water partition coefficient (Wildman–Crippen LogP) is 2.31. The summed E-state index contributed by atoms with van der Waals surface area (Å²) in [5, 5.41) is 17.1. The summed E-state index contributed by atoms with van der Waals surface area (Å²) < 4.78 is 0. The quantitative estimate of drug-likeness (QED) is 0.841. The molecule has 0 atom stereocenters. The SMILES string of the molecule is OCc1cnc(NCc2ccsc2)s1. The molecule has 0 saturated carbocycles. The van der Waals surface area contributed by atoms with Crippen molar-refractivity contribution in [2.45, 2.75) is 13.2 Å². The van der Waals surface area contributed by atoms with Gasteiger partial charge in [0.1, 0.15) is 0 Å². The molecular formula is C9H10N2OS2. The van der Waals surface area contributed by atoms with Crippen molar-refractivity contribution in [2.75, 3.05) is 5.32 Å². The van der Waals surface area contributed by atoms with Crippen LogP contribution in [0.5, 0.6) is 0 Å². The lowest BCUT2D eigenvalue weighted by Gasteiger charge is -1.98. The Labute approximate surface area is 90.1 Å². The molecule has 0 aromatic carbocycles. The Hall–Kier alpha value is -0.910. The number of hydrogen-bond donors (Lipinski definition) is 2. The Morgan fingerprint density at radius 2 is 2.43 bits per heavy atom. The average Bonchev–Trinajstić information content (AvgIpc) is 2.86. The highest BCUT2D eigenvalue weighted by atomic mass is 32.1. The van der Waals surface area contributed by atoms with Gasteiger partial charge in [-0.1, -0.05) is 11.3 Å². The first kappa shape index (κ1) is 9.64. The first-order valence-corrected chi connectivity index (χ1v) is 5.95. The van der Waals surface area contributed by atoms with E-state index < -0.39 is 0 Å². The smallest absolute Gasteiger partial charge is 0.183 e. The standard InChI is InChI=1S/C9H10N2OS2/c12-5-8-4-11-9(14-8)10-3-7-1-2-13-6-7/h1-2,4,6,12H,3,5H2,(H,10,11). The summed E-state index contributed by atoms with van der Waals surface area (Å²) in [7, 11) is 0. The molecule has 0 spiro atoms. The van der Waals surface area contributed by atoms with Crippen LogP contribution in [-0.4, -0.2) is 10.1 Å². The fourth-order valence-electron chi connectivity index (χ4n) is 1.03. The molecular weight excluding hydrogens is 216 g/mol. The lowest BCUT2D eigenvalue weighted by molar-refractivity contribution is 0.285. The van der Waals surface area contributed by atoms with Gasteiger partial charge < -0.3 is 10.4 Å². The second kappa shape index (κ2) is 4.54. The molecule has 2 N–H and O–H groups in total. The molecule has 2 aromatic heterocycles. The summed E-state index contributed by atoms with van der Waals surface area (Å²) in [6.07, 6.45) is 1.70. The Balaban J connectivity index is 1.92. The maximum Gasteiger partial charge on any atom is 0.183 e. The van der Waals surface area contributed by atoms with Crippen molar-refractivity contribution in [2.24, 2.45) is 0 Å². The Morgan fingerprint density at radius 3 is 3.07 bits per heavy atom. The number of nitrogens with one attached hydrogen (secondary N) is 1. The van der Waals surface area contributed by atoms with Gasteiger partial charge in [0, 0.05) is 12.7 Å². The number of aliphatic hydroxyl groups is 1. The lowest BCUT2D eigenvalue weighted by atomic mass is 10.3. The average molecular weight is 226 g/mol. The minimum absolute atomic E-state index is 0.0673. The highest BCUT2D eigenvalue weighted by Crippen LogP contribution is 2.18. The van der Waals surface area contributed by atoms with Gasteiger partial charge in [0.05, 0.1) is 11.5 Å². The first-order valence-electron chi connectivity index (χ1n) is 4.19. The van der Waals surface area contributed by atoms with Crippen LogP contribution in [0.3, 0.4) is 0 Å². The van der Waals surface area contributed by atoms with Gasteiger partial charge in [0.25, 0.3) is 0 Å². The van der Waals surface area contributed by atoms with E-state index in [2.05, 4.69) is 27.1 Å². The molecule has 5 heteroatoms.